The first kappa shape index (κ1) is 8.59. The van der Waals surface area contributed by atoms with Crippen LogP contribution in [0.15, 0.2) is 25.3 Å². The van der Waals surface area contributed by atoms with Crippen molar-refractivity contribution < 1.29 is 14.4 Å². The third kappa shape index (κ3) is 0.942. The molecule has 0 aromatic carbocycles. The average Bonchev–Trinajstić information content (AvgIpc) is 2.25. The van der Waals surface area contributed by atoms with Gasteiger partial charge >= 0.3 is 0 Å². The van der Waals surface area contributed by atoms with E-state index in [1.54, 1.807) is 0 Å². The first-order valence-corrected chi connectivity index (χ1v) is 3.50. The summed E-state index contributed by atoms with van der Waals surface area (Å²) in [7, 11) is 0. The molecule has 0 spiro atoms. The lowest BCUT2D eigenvalue weighted by molar-refractivity contribution is -0.136. The fourth-order valence-corrected chi connectivity index (χ4v) is 1.20. The fraction of sp³-hybridized carbons (Fsp3) is 0.222. The van der Waals surface area contributed by atoms with E-state index in [1.165, 1.54) is 12.2 Å². The molecule has 0 aromatic heterocycles. The Morgan fingerprint density at radius 2 is 1.25 bits per heavy atom. The Labute approximate surface area is 69.8 Å². The Balaban J connectivity index is 3.09. The van der Waals surface area contributed by atoms with Gasteiger partial charge in [-0.15, -0.1) is 13.2 Å². The zero-order valence-corrected chi connectivity index (χ0v) is 6.45. The van der Waals surface area contributed by atoms with Crippen LogP contribution in [0.4, 0.5) is 0 Å². The van der Waals surface area contributed by atoms with Crippen molar-refractivity contribution in [2.75, 3.05) is 0 Å². The van der Waals surface area contributed by atoms with Crippen molar-refractivity contribution in [2.24, 2.45) is 11.8 Å². The number of allylic oxidation sites excluding steroid dienone is 2. The third-order valence-corrected chi connectivity index (χ3v) is 1.89. The van der Waals surface area contributed by atoms with Crippen LogP contribution in [-0.4, -0.2) is 17.3 Å². The van der Waals surface area contributed by atoms with E-state index in [-0.39, 0.29) is 0 Å². The molecule has 0 aliphatic heterocycles. The minimum Gasteiger partial charge on any atom is -0.297 e. The molecule has 2 atom stereocenters. The highest BCUT2D eigenvalue weighted by molar-refractivity contribution is 6.52. The second kappa shape index (κ2) is 2.85. The van der Waals surface area contributed by atoms with Crippen LogP contribution < -0.4 is 0 Å². The topological polar surface area (TPSA) is 51.2 Å². The number of hydrogen-bond donors (Lipinski definition) is 0. The van der Waals surface area contributed by atoms with Gasteiger partial charge in [-0.3, -0.25) is 14.4 Å². The van der Waals surface area contributed by atoms with Gasteiger partial charge in [0, 0.05) is 0 Å². The van der Waals surface area contributed by atoms with Crippen LogP contribution in [0.1, 0.15) is 0 Å². The molecule has 0 aromatic rings. The van der Waals surface area contributed by atoms with Crippen molar-refractivity contribution in [1.82, 2.24) is 0 Å². The molecule has 0 heterocycles. The monoisotopic (exact) mass is 164 g/mol. The fourth-order valence-electron chi connectivity index (χ4n) is 1.20. The van der Waals surface area contributed by atoms with Gasteiger partial charge in [0.25, 0.3) is 0 Å². The molecular formula is C9H8O3. The molecule has 0 bridgehead atoms. The van der Waals surface area contributed by atoms with Gasteiger partial charge in [-0.2, -0.15) is 0 Å². The first-order chi connectivity index (χ1) is 5.63. The van der Waals surface area contributed by atoms with Crippen LogP contribution in [-0.2, 0) is 14.4 Å². The van der Waals surface area contributed by atoms with Crippen molar-refractivity contribution in [3.05, 3.63) is 25.3 Å². The van der Waals surface area contributed by atoms with Crippen LogP contribution in [0, 0.1) is 11.8 Å². The van der Waals surface area contributed by atoms with Crippen LogP contribution in [0.3, 0.4) is 0 Å². The molecule has 1 saturated carbocycles. The lowest BCUT2D eigenvalue weighted by atomic mass is 10.0. The maximum absolute atomic E-state index is 11.2. The van der Waals surface area contributed by atoms with E-state index in [0.29, 0.717) is 0 Å². The zero-order valence-electron chi connectivity index (χ0n) is 6.45. The van der Waals surface area contributed by atoms with Crippen molar-refractivity contribution in [3.8, 4) is 0 Å². The maximum atomic E-state index is 11.2. The molecular weight excluding hydrogens is 156 g/mol. The maximum Gasteiger partial charge on any atom is 0.213 e. The summed E-state index contributed by atoms with van der Waals surface area (Å²) in [5, 5.41) is 0. The molecule has 0 amide bonds. The van der Waals surface area contributed by atoms with Gasteiger partial charge in [-0.25, -0.2) is 0 Å². The van der Waals surface area contributed by atoms with Gasteiger partial charge in [-0.05, 0) is 0 Å². The molecule has 1 rings (SSSR count). The summed E-state index contributed by atoms with van der Waals surface area (Å²) in [6, 6.07) is 0. The molecule has 12 heavy (non-hydrogen) atoms. The summed E-state index contributed by atoms with van der Waals surface area (Å²) in [6.45, 7) is 6.64. The molecule has 0 N–H and O–H groups in total. The van der Waals surface area contributed by atoms with E-state index in [0.717, 1.165) is 0 Å². The minimum absolute atomic E-state index is 0.407. The van der Waals surface area contributed by atoms with Crippen molar-refractivity contribution in [1.29, 1.82) is 0 Å². The summed E-state index contributed by atoms with van der Waals surface area (Å²) < 4.78 is 0. The predicted octanol–water partition coefficient (Wildman–Crippen LogP) is 0.312. The Morgan fingerprint density at radius 1 is 0.917 bits per heavy atom. The van der Waals surface area contributed by atoms with E-state index in [1.807, 2.05) is 0 Å². The number of Topliss-reactive ketones (excluding diaryl/α,β-unsaturated/α-hetero) is 3. The summed E-state index contributed by atoms with van der Waals surface area (Å²) in [6.07, 6.45) is 2.40. The van der Waals surface area contributed by atoms with Crippen LogP contribution in [0.5, 0.6) is 0 Å². The molecule has 1 fully saturated rings. The molecule has 0 saturated heterocycles. The highest BCUT2D eigenvalue weighted by Gasteiger charge is 2.45. The molecule has 0 radical (unpaired) electrons. The van der Waals surface area contributed by atoms with Crippen LogP contribution >= 0.6 is 0 Å². The van der Waals surface area contributed by atoms with Gasteiger partial charge in [-0.1, -0.05) is 12.2 Å². The molecule has 1 aliphatic rings. The summed E-state index contributed by atoms with van der Waals surface area (Å²) in [4.78, 5) is 33.3. The van der Waals surface area contributed by atoms with Crippen LogP contribution in [0.25, 0.3) is 0 Å². The quantitative estimate of drug-likeness (QED) is 0.335. The highest BCUT2D eigenvalue weighted by atomic mass is 16.2. The summed E-state index contributed by atoms with van der Waals surface area (Å²) in [5.41, 5.74) is 0. The normalized spacial score (nSPS) is 29.2. The van der Waals surface area contributed by atoms with Crippen LogP contribution in [0.2, 0.25) is 0 Å². The summed E-state index contributed by atoms with van der Waals surface area (Å²) >= 11 is 0. The Bertz CT molecular complexity index is 260. The zero-order chi connectivity index (χ0) is 9.30. The van der Waals surface area contributed by atoms with Crippen molar-refractivity contribution in [2.45, 2.75) is 0 Å². The molecule has 62 valence electrons. The number of carbonyl (C=O) groups excluding carboxylic acids is 3. The third-order valence-electron chi connectivity index (χ3n) is 1.89. The van der Waals surface area contributed by atoms with E-state index in [9.17, 15) is 14.4 Å². The van der Waals surface area contributed by atoms with E-state index in [2.05, 4.69) is 13.2 Å². The second-order valence-corrected chi connectivity index (χ2v) is 2.56. The smallest absolute Gasteiger partial charge is 0.213 e. The largest absolute Gasteiger partial charge is 0.297 e. The Hall–Kier alpha value is -1.51. The van der Waals surface area contributed by atoms with E-state index < -0.39 is 29.2 Å². The standard InChI is InChI=1S/C9H8O3/c1-3-5-7(10)6(4-2)9(12)8(5)11/h3-6H,1-2H2. The predicted molar refractivity (Wildman–Crippen MR) is 42.4 cm³/mol. The van der Waals surface area contributed by atoms with E-state index in [4.69, 9.17) is 0 Å². The highest BCUT2D eigenvalue weighted by Crippen LogP contribution is 2.22. The van der Waals surface area contributed by atoms with Gasteiger partial charge in [0.1, 0.15) is 11.8 Å². The summed E-state index contributed by atoms with van der Waals surface area (Å²) in [5.74, 6) is -3.63. The van der Waals surface area contributed by atoms with Gasteiger partial charge < -0.3 is 0 Å². The molecule has 1 aliphatic carbocycles. The average molecular weight is 164 g/mol. The molecule has 2 unspecified atom stereocenters. The number of carbonyl (C=O) groups is 3. The van der Waals surface area contributed by atoms with Gasteiger partial charge in [0.15, 0.2) is 5.78 Å². The van der Waals surface area contributed by atoms with Crippen molar-refractivity contribution in [3.63, 3.8) is 0 Å². The Kier molecular flexibility index (Phi) is 2.04. The molecule has 3 nitrogen and oxygen atoms in total. The number of hydrogen-bond acceptors (Lipinski definition) is 3. The van der Waals surface area contributed by atoms with Gasteiger partial charge in [0.05, 0.1) is 0 Å². The lowest BCUT2D eigenvalue weighted by Gasteiger charge is -1.96. The molecule has 3 heteroatoms. The Morgan fingerprint density at radius 3 is 1.42 bits per heavy atom. The van der Waals surface area contributed by atoms with Gasteiger partial charge in [0.2, 0.25) is 11.6 Å². The lowest BCUT2D eigenvalue weighted by Crippen LogP contribution is -2.13. The second-order valence-electron chi connectivity index (χ2n) is 2.56. The SMILES string of the molecule is C=CC1C(=O)C(=O)C(C=C)C1=O. The first-order valence-electron chi connectivity index (χ1n) is 3.50. The van der Waals surface area contributed by atoms with E-state index >= 15 is 0 Å². The van der Waals surface area contributed by atoms with Crippen molar-refractivity contribution >= 4 is 17.3 Å². The minimum atomic E-state index is -0.944. The number of rotatable bonds is 2. The number of ketones is 3.